The topological polar surface area (TPSA) is 77.8 Å². The van der Waals surface area contributed by atoms with Crippen molar-refractivity contribution in [2.75, 3.05) is 0 Å². The van der Waals surface area contributed by atoms with E-state index in [1.807, 2.05) is 48.5 Å². The number of aromatic nitrogens is 4. The minimum Gasteiger partial charge on any atom is -0.456 e. The Morgan fingerprint density at radius 3 is 1.50 bits per heavy atom. The number of oxazole rings is 1. The summed E-state index contributed by atoms with van der Waals surface area (Å²) in [4.78, 5) is 20.4. The van der Waals surface area contributed by atoms with E-state index >= 15 is 0 Å². The van der Waals surface area contributed by atoms with E-state index in [1.165, 1.54) is 0 Å². The van der Waals surface area contributed by atoms with Gasteiger partial charge in [-0.3, -0.25) is 0 Å². The molecule has 0 bridgehead atoms. The molecular formula is C54H32N4O2. The molecule has 0 spiro atoms. The fourth-order valence-electron chi connectivity index (χ4n) is 8.37. The maximum Gasteiger partial charge on any atom is 0.227 e. The highest BCUT2D eigenvalue weighted by atomic mass is 16.4. The molecule has 0 saturated carbocycles. The van der Waals surface area contributed by atoms with E-state index in [1.54, 1.807) is 0 Å². The number of fused-ring (bicyclic) bond motifs is 8. The van der Waals surface area contributed by atoms with Gasteiger partial charge in [0, 0.05) is 27.6 Å². The van der Waals surface area contributed by atoms with Crippen LogP contribution in [0.2, 0.25) is 0 Å². The van der Waals surface area contributed by atoms with Gasteiger partial charge >= 0.3 is 0 Å². The Balaban J connectivity index is 1.02. The van der Waals surface area contributed by atoms with Gasteiger partial charge in [0.25, 0.3) is 0 Å². The Morgan fingerprint density at radius 2 is 0.817 bits per heavy atom. The first-order valence-electron chi connectivity index (χ1n) is 20.0. The van der Waals surface area contributed by atoms with Crippen LogP contribution in [0.1, 0.15) is 0 Å². The van der Waals surface area contributed by atoms with Gasteiger partial charge in [0.2, 0.25) is 5.89 Å². The predicted octanol–water partition coefficient (Wildman–Crippen LogP) is 14.2. The zero-order valence-electron chi connectivity index (χ0n) is 32.1. The van der Waals surface area contributed by atoms with Crippen LogP contribution in [-0.2, 0) is 0 Å². The summed E-state index contributed by atoms with van der Waals surface area (Å²) in [7, 11) is 0. The van der Waals surface area contributed by atoms with Crippen LogP contribution in [0.5, 0.6) is 0 Å². The van der Waals surface area contributed by atoms with Crippen molar-refractivity contribution in [2.24, 2.45) is 0 Å². The van der Waals surface area contributed by atoms with E-state index in [0.29, 0.717) is 28.9 Å². The smallest absolute Gasteiger partial charge is 0.227 e. The maximum absolute atomic E-state index is 6.70. The second kappa shape index (κ2) is 13.7. The lowest BCUT2D eigenvalue weighted by atomic mass is 10.0. The van der Waals surface area contributed by atoms with Crippen LogP contribution in [0.25, 0.3) is 122 Å². The standard InChI is InChI=1S/C54H32N4O2/c1-3-10-33(11-4-1)35-18-23-39(24-19-35)51-56-52(40-25-20-36(21-26-40)34-12-5-2-6-13-34)58-53(57-51)41-27-22-38-28-30-46-48(44(38)32-41)49-47(59-46)31-29-45-50(49)60-54(55-45)43-17-9-15-37-14-7-8-16-42(37)43/h1-32H. The van der Waals surface area contributed by atoms with E-state index in [2.05, 4.69) is 146 Å². The van der Waals surface area contributed by atoms with Crippen molar-refractivity contribution >= 4 is 54.6 Å². The van der Waals surface area contributed by atoms with E-state index < -0.39 is 0 Å². The first-order chi connectivity index (χ1) is 29.7. The monoisotopic (exact) mass is 768 g/mol. The average Bonchev–Trinajstić information content (AvgIpc) is 3.94. The number of hydrogen-bond donors (Lipinski definition) is 0. The molecule has 9 aromatic carbocycles. The van der Waals surface area contributed by atoms with Gasteiger partial charge in [-0.1, -0.05) is 164 Å². The fourth-order valence-corrected chi connectivity index (χ4v) is 8.37. The highest BCUT2D eigenvalue weighted by Crippen LogP contribution is 2.42. The Hall–Kier alpha value is -8.22. The molecule has 0 N–H and O–H groups in total. The Kier molecular flexibility index (Phi) is 7.74. The van der Waals surface area contributed by atoms with Gasteiger partial charge in [-0.05, 0) is 74.1 Å². The summed E-state index contributed by atoms with van der Waals surface area (Å²) >= 11 is 0. The molecular weight excluding hydrogens is 737 g/mol. The third-order valence-corrected chi connectivity index (χ3v) is 11.4. The Morgan fingerprint density at radius 1 is 0.317 bits per heavy atom. The van der Waals surface area contributed by atoms with Gasteiger partial charge in [-0.15, -0.1) is 0 Å². The summed E-state index contributed by atoms with van der Waals surface area (Å²) in [5, 5.41) is 6.12. The molecule has 0 amide bonds. The molecule has 12 aromatic rings. The van der Waals surface area contributed by atoms with Gasteiger partial charge < -0.3 is 8.83 Å². The van der Waals surface area contributed by atoms with E-state index in [9.17, 15) is 0 Å². The van der Waals surface area contributed by atoms with Crippen LogP contribution in [0.3, 0.4) is 0 Å². The number of benzene rings is 9. The quantitative estimate of drug-likeness (QED) is 0.168. The fraction of sp³-hybridized carbons (Fsp3) is 0. The van der Waals surface area contributed by atoms with Crippen molar-refractivity contribution in [2.45, 2.75) is 0 Å². The maximum atomic E-state index is 6.70. The number of furan rings is 1. The van der Waals surface area contributed by atoms with Crippen LogP contribution < -0.4 is 0 Å². The van der Waals surface area contributed by atoms with Gasteiger partial charge in [-0.2, -0.15) is 0 Å². The molecule has 280 valence electrons. The van der Waals surface area contributed by atoms with Crippen molar-refractivity contribution in [3.8, 4) is 67.9 Å². The molecule has 6 heteroatoms. The predicted molar refractivity (Wildman–Crippen MR) is 242 cm³/mol. The lowest BCUT2D eigenvalue weighted by Gasteiger charge is -2.10. The molecule has 0 saturated heterocycles. The molecule has 0 aliphatic heterocycles. The molecule has 0 aliphatic rings. The van der Waals surface area contributed by atoms with Crippen LogP contribution in [0.4, 0.5) is 0 Å². The summed E-state index contributed by atoms with van der Waals surface area (Å²) in [6.45, 7) is 0. The zero-order chi connectivity index (χ0) is 39.6. The molecule has 0 aliphatic carbocycles. The van der Waals surface area contributed by atoms with Crippen molar-refractivity contribution in [1.82, 2.24) is 19.9 Å². The number of hydrogen-bond acceptors (Lipinski definition) is 6. The van der Waals surface area contributed by atoms with Gasteiger partial charge in [0.05, 0.1) is 5.39 Å². The molecule has 0 radical (unpaired) electrons. The minimum atomic E-state index is 0.573. The summed E-state index contributed by atoms with van der Waals surface area (Å²) in [6, 6.07) is 66.5. The lowest BCUT2D eigenvalue weighted by Crippen LogP contribution is -2.00. The average molecular weight is 769 g/mol. The third-order valence-electron chi connectivity index (χ3n) is 11.4. The first-order valence-corrected chi connectivity index (χ1v) is 20.0. The van der Waals surface area contributed by atoms with Crippen LogP contribution in [0.15, 0.2) is 203 Å². The van der Waals surface area contributed by atoms with E-state index in [-0.39, 0.29) is 0 Å². The molecule has 0 atom stereocenters. The van der Waals surface area contributed by atoms with E-state index in [0.717, 1.165) is 93.5 Å². The Bertz CT molecular complexity index is 3470. The molecule has 0 unspecified atom stereocenters. The molecule has 3 heterocycles. The SMILES string of the molecule is c1ccc(-c2ccc(-c3nc(-c4ccc(-c5ccccc5)cc4)nc(-c4ccc5ccc6oc7ccc8nc(-c9cccc%10ccccc9%10)oc8c7c6c5c4)n3)cc2)cc1. The summed E-state index contributed by atoms with van der Waals surface area (Å²) in [6.07, 6.45) is 0. The van der Waals surface area contributed by atoms with Crippen molar-refractivity contribution < 1.29 is 8.83 Å². The van der Waals surface area contributed by atoms with Crippen molar-refractivity contribution in [3.63, 3.8) is 0 Å². The normalized spacial score (nSPS) is 11.7. The van der Waals surface area contributed by atoms with E-state index in [4.69, 9.17) is 28.8 Å². The molecule has 60 heavy (non-hydrogen) atoms. The second-order valence-electron chi connectivity index (χ2n) is 15.0. The van der Waals surface area contributed by atoms with Gasteiger partial charge in [0.1, 0.15) is 16.7 Å². The lowest BCUT2D eigenvalue weighted by molar-refractivity contribution is 0.623. The molecule has 0 fully saturated rings. The van der Waals surface area contributed by atoms with Crippen LogP contribution in [-0.4, -0.2) is 19.9 Å². The number of nitrogens with zero attached hydrogens (tertiary/aromatic N) is 4. The largest absolute Gasteiger partial charge is 0.456 e. The van der Waals surface area contributed by atoms with Crippen molar-refractivity contribution in [1.29, 1.82) is 0 Å². The number of rotatable bonds is 6. The first kappa shape index (κ1) is 33.9. The summed E-state index contributed by atoms with van der Waals surface area (Å²) in [5.74, 6) is 2.34. The molecule has 3 aromatic heterocycles. The molecule has 12 rings (SSSR count). The van der Waals surface area contributed by atoms with Crippen LogP contribution in [0, 0.1) is 0 Å². The summed E-state index contributed by atoms with van der Waals surface area (Å²) in [5.41, 5.74) is 11.1. The summed E-state index contributed by atoms with van der Waals surface area (Å²) < 4.78 is 13.2. The van der Waals surface area contributed by atoms with Gasteiger partial charge in [0.15, 0.2) is 23.1 Å². The van der Waals surface area contributed by atoms with Crippen molar-refractivity contribution in [3.05, 3.63) is 194 Å². The zero-order valence-corrected chi connectivity index (χ0v) is 32.1. The minimum absolute atomic E-state index is 0.573. The highest BCUT2D eigenvalue weighted by molar-refractivity contribution is 6.25. The molecule has 6 nitrogen and oxygen atoms in total. The van der Waals surface area contributed by atoms with Gasteiger partial charge in [-0.25, -0.2) is 19.9 Å². The van der Waals surface area contributed by atoms with Crippen LogP contribution >= 0.6 is 0 Å². The Labute approximate surface area is 344 Å². The second-order valence-corrected chi connectivity index (χ2v) is 15.0. The highest BCUT2D eigenvalue weighted by Gasteiger charge is 2.21. The third kappa shape index (κ3) is 5.73.